The second-order valence-electron chi connectivity index (χ2n) is 11.2. The Bertz CT molecular complexity index is 1020. The molecule has 0 spiro atoms. The number of allylic oxidation sites excluding steroid dienone is 3. The Kier molecular flexibility index (Phi) is 8.79. The number of hydrogen-bond donors (Lipinski definition) is 0. The molecule has 0 aliphatic heterocycles. The zero-order valence-corrected chi connectivity index (χ0v) is 23.8. The van der Waals surface area contributed by atoms with Gasteiger partial charge in [0.1, 0.15) is 0 Å². The van der Waals surface area contributed by atoms with Gasteiger partial charge in [0.2, 0.25) is 0 Å². The molecule has 4 aliphatic carbocycles. The predicted molar refractivity (Wildman–Crippen MR) is 150 cm³/mol. The molecule has 2 aromatic carbocycles. The summed E-state index contributed by atoms with van der Waals surface area (Å²) in [7, 11) is 0.0845. The summed E-state index contributed by atoms with van der Waals surface area (Å²) in [6.07, 6.45) is 23.3. The third-order valence-electron chi connectivity index (χ3n) is 9.16. The molecule has 3 saturated carbocycles. The second-order valence-corrected chi connectivity index (χ2v) is 14.2. The van der Waals surface area contributed by atoms with Crippen molar-refractivity contribution >= 4 is 19.1 Å². The topological polar surface area (TPSA) is 0 Å². The first kappa shape index (κ1) is 25.6. The van der Waals surface area contributed by atoms with Crippen molar-refractivity contribution in [2.45, 2.75) is 107 Å². The van der Waals surface area contributed by atoms with Gasteiger partial charge in [-0.3, -0.25) is 0 Å². The van der Waals surface area contributed by atoms with Crippen molar-refractivity contribution in [3.8, 4) is 0 Å². The quantitative estimate of drug-likeness (QED) is 0.254. The van der Waals surface area contributed by atoms with E-state index in [2.05, 4.69) is 60.7 Å². The minimum absolute atomic E-state index is 0. The fourth-order valence-electron chi connectivity index (χ4n) is 7.58. The fraction of sp³-hybridized carbons (Fsp3) is 0.515. The molecule has 35 heavy (non-hydrogen) atoms. The maximum atomic E-state index is 2.60. The van der Waals surface area contributed by atoms with Gasteiger partial charge in [0.15, 0.2) is 0 Å². The number of fused-ring (bicyclic) bond motifs is 1. The maximum absolute atomic E-state index is 2.60. The van der Waals surface area contributed by atoms with E-state index >= 15 is 0 Å². The molecule has 2 heteroatoms. The van der Waals surface area contributed by atoms with E-state index in [0.29, 0.717) is 0 Å². The van der Waals surface area contributed by atoms with Gasteiger partial charge in [0.25, 0.3) is 0 Å². The maximum Gasteiger partial charge on any atom is 2.00 e. The van der Waals surface area contributed by atoms with Crippen LogP contribution in [0.5, 0.6) is 0 Å². The molecular formula is C33H41PRu+2. The van der Waals surface area contributed by atoms with Crippen molar-refractivity contribution in [3.05, 3.63) is 82.9 Å². The SMILES string of the molecule is C1=C(c2ccccc2)c2ccccc2C1=C1CCCCC1P(C1CCCCC1)C1CCCCC1.[Ru+2]. The molecule has 0 heterocycles. The average molecular weight is 570 g/mol. The van der Waals surface area contributed by atoms with Crippen LogP contribution in [-0.2, 0) is 19.5 Å². The first-order valence-corrected chi connectivity index (χ1v) is 15.8. The van der Waals surface area contributed by atoms with Crippen LogP contribution in [0.3, 0.4) is 0 Å². The van der Waals surface area contributed by atoms with Gasteiger partial charge in [-0.15, -0.1) is 0 Å². The van der Waals surface area contributed by atoms with E-state index in [-0.39, 0.29) is 27.4 Å². The van der Waals surface area contributed by atoms with E-state index < -0.39 is 0 Å². The third-order valence-corrected chi connectivity index (χ3v) is 13.2. The van der Waals surface area contributed by atoms with Crippen molar-refractivity contribution in [3.63, 3.8) is 0 Å². The second kappa shape index (κ2) is 12.0. The molecule has 3 fully saturated rings. The van der Waals surface area contributed by atoms with Crippen LogP contribution in [0.2, 0.25) is 0 Å². The summed E-state index contributed by atoms with van der Waals surface area (Å²) in [6, 6.07) is 20.4. The van der Waals surface area contributed by atoms with Crippen molar-refractivity contribution in [1.29, 1.82) is 0 Å². The van der Waals surface area contributed by atoms with E-state index in [1.54, 1.807) is 5.57 Å². The largest absolute Gasteiger partial charge is 2.00 e. The summed E-state index contributed by atoms with van der Waals surface area (Å²) < 4.78 is 0. The number of hydrogen-bond acceptors (Lipinski definition) is 0. The van der Waals surface area contributed by atoms with Crippen LogP contribution in [0.25, 0.3) is 11.1 Å². The molecule has 0 aromatic heterocycles. The molecule has 0 saturated heterocycles. The van der Waals surface area contributed by atoms with E-state index in [9.17, 15) is 0 Å². The van der Waals surface area contributed by atoms with Gasteiger partial charge in [-0.2, -0.15) is 0 Å². The summed E-state index contributed by atoms with van der Waals surface area (Å²) in [5, 5.41) is 0. The molecule has 0 N–H and O–H groups in total. The summed E-state index contributed by atoms with van der Waals surface area (Å²) >= 11 is 0. The summed E-state index contributed by atoms with van der Waals surface area (Å²) in [5.41, 5.74) is 12.3. The van der Waals surface area contributed by atoms with Crippen LogP contribution < -0.4 is 0 Å². The van der Waals surface area contributed by atoms with E-state index in [1.807, 2.05) is 5.57 Å². The molecule has 1 atom stereocenters. The minimum Gasteiger partial charge on any atom is -0.0930 e. The minimum atomic E-state index is 0. The Morgan fingerprint density at radius 2 is 1.14 bits per heavy atom. The van der Waals surface area contributed by atoms with Gasteiger partial charge in [0, 0.05) is 5.66 Å². The zero-order valence-electron chi connectivity index (χ0n) is 21.2. The molecule has 0 radical (unpaired) electrons. The smallest absolute Gasteiger partial charge is 0.0930 e. The fourth-order valence-corrected chi connectivity index (χ4v) is 12.2. The van der Waals surface area contributed by atoms with Gasteiger partial charge in [-0.1, -0.05) is 113 Å². The summed E-state index contributed by atoms with van der Waals surface area (Å²) in [6.45, 7) is 0. The van der Waals surface area contributed by atoms with E-state index in [4.69, 9.17) is 0 Å². The monoisotopic (exact) mass is 570 g/mol. The average Bonchev–Trinajstić information content (AvgIpc) is 3.31. The van der Waals surface area contributed by atoms with Crippen molar-refractivity contribution in [2.24, 2.45) is 0 Å². The normalized spacial score (nSPS) is 25.7. The Morgan fingerprint density at radius 1 is 0.571 bits per heavy atom. The van der Waals surface area contributed by atoms with Crippen molar-refractivity contribution < 1.29 is 19.5 Å². The van der Waals surface area contributed by atoms with Crippen LogP contribution in [-0.4, -0.2) is 17.0 Å². The molecule has 4 aliphatic rings. The third kappa shape index (κ3) is 5.34. The van der Waals surface area contributed by atoms with Gasteiger partial charge in [-0.05, 0) is 90.2 Å². The van der Waals surface area contributed by atoms with Gasteiger partial charge < -0.3 is 0 Å². The Hall–Kier alpha value is -1.03. The van der Waals surface area contributed by atoms with E-state index in [0.717, 1.165) is 17.0 Å². The molecule has 0 bridgehead atoms. The van der Waals surface area contributed by atoms with Gasteiger partial charge >= 0.3 is 19.5 Å². The number of rotatable bonds is 4. The molecule has 1 unspecified atom stereocenters. The molecule has 0 amide bonds. The van der Waals surface area contributed by atoms with Crippen LogP contribution in [0, 0.1) is 0 Å². The molecular weight excluding hydrogens is 528 g/mol. The van der Waals surface area contributed by atoms with Crippen LogP contribution >= 0.6 is 7.92 Å². The Balaban J connectivity index is 0.00000253. The zero-order chi connectivity index (χ0) is 22.7. The summed E-state index contributed by atoms with van der Waals surface area (Å²) in [4.78, 5) is 0. The standard InChI is InChI=1S/C33H41P.Ru/c1-4-14-25(15-5-1)31-24-32(29-21-11-10-20-28(29)31)30-22-12-13-23-33(30)34(26-16-6-2-7-17-26)27-18-8-3-9-19-27;/h1,4-5,10-11,14-15,20-21,24,26-27,33H,2-3,6-9,12-13,16-19,22-23H2;/q;+2. The Morgan fingerprint density at radius 3 is 1.80 bits per heavy atom. The Labute approximate surface area is 227 Å². The summed E-state index contributed by atoms with van der Waals surface area (Å²) in [5.74, 6) is 0. The van der Waals surface area contributed by atoms with E-state index in [1.165, 1.54) is 112 Å². The molecule has 0 nitrogen and oxygen atoms in total. The first-order valence-electron chi connectivity index (χ1n) is 14.3. The molecule has 184 valence electrons. The molecule has 6 rings (SSSR count). The van der Waals surface area contributed by atoms with Crippen molar-refractivity contribution in [1.82, 2.24) is 0 Å². The predicted octanol–water partition coefficient (Wildman–Crippen LogP) is 9.97. The van der Waals surface area contributed by atoms with Crippen LogP contribution in [0.1, 0.15) is 107 Å². The number of benzene rings is 2. The van der Waals surface area contributed by atoms with Crippen molar-refractivity contribution in [2.75, 3.05) is 0 Å². The van der Waals surface area contributed by atoms with Gasteiger partial charge in [-0.25, -0.2) is 0 Å². The van der Waals surface area contributed by atoms with Gasteiger partial charge in [0.05, 0.1) is 0 Å². The molecule has 2 aromatic rings. The first-order chi connectivity index (χ1) is 16.9. The van der Waals surface area contributed by atoms with Crippen LogP contribution in [0.15, 0.2) is 66.2 Å². The van der Waals surface area contributed by atoms with Crippen LogP contribution in [0.4, 0.5) is 0 Å².